The number of hydrogen-bond acceptors (Lipinski definition) is 7. The van der Waals surface area contributed by atoms with E-state index in [1.807, 2.05) is 0 Å². The summed E-state index contributed by atoms with van der Waals surface area (Å²) in [7, 11) is 0. The van der Waals surface area contributed by atoms with Gasteiger partial charge in [-0.1, -0.05) is 30.0 Å². The number of likely N-dealkylation sites (N-methyl/N-ethyl adjacent to an activating group) is 1. The summed E-state index contributed by atoms with van der Waals surface area (Å²) in [5, 5.41) is 13.4. The molecule has 0 aromatic heterocycles. The average Bonchev–Trinajstić information content (AvgIpc) is 2.99. The Labute approximate surface area is 212 Å². The maximum Gasteiger partial charge on any atom is 0.367 e. The first kappa shape index (κ1) is 25.9. The molecule has 3 saturated heterocycles. The molecule has 0 radical (unpaired) electrons. The van der Waals surface area contributed by atoms with E-state index in [1.165, 1.54) is 28.6 Å². The summed E-state index contributed by atoms with van der Waals surface area (Å²) in [4.78, 5) is 80.1. The fraction of sp³-hybridized carbons (Fsp3) is 0.565. The SMILES string of the molecule is CCN(C(=O)N1CCNC(=O)C1=O)C1(N(C(C)=O)[N+]23C(=O)C[C@H]2SC(C)(C)[C@@H]3C(=O)O)C=CC=CC1. The van der Waals surface area contributed by atoms with Crippen molar-refractivity contribution >= 4 is 47.4 Å². The number of hydrogen-bond donors (Lipinski definition) is 2. The summed E-state index contributed by atoms with van der Waals surface area (Å²) < 4.78 is -1.65. The zero-order valence-electron chi connectivity index (χ0n) is 20.6. The lowest BCUT2D eigenvalue weighted by Crippen LogP contribution is -2.85. The number of urea groups is 1. The highest BCUT2D eigenvalue weighted by atomic mass is 32.2. The number of carbonyl (C=O) groups is 6. The van der Waals surface area contributed by atoms with Crippen molar-refractivity contribution in [2.24, 2.45) is 0 Å². The number of quaternary nitrogens is 1. The molecular formula is C23H30N5O7S+. The van der Waals surface area contributed by atoms with Crippen molar-refractivity contribution in [1.82, 2.24) is 20.1 Å². The van der Waals surface area contributed by atoms with Crippen molar-refractivity contribution < 1.29 is 38.5 Å². The third-order valence-corrected chi connectivity index (χ3v) is 8.83. The van der Waals surface area contributed by atoms with Gasteiger partial charge in [0.2, 0.25) is 6.04 Å². The number of nitrogens with one attached hydrogen (secondary N) is 1. The van der Waals surface area contributed by atoms with Crippen molar-refractivity contribution in [2.75, 3.05) is 19.6 Å². The molecule has 0 bridgehead atoms. The van der Waals surface area contributed by atoms with Gasteiger partial charge in [-0.3, -0.25) is 24.2 Å². The monoisotopic (exact) mass is 520 g/mol. The van der Waals surface area contributed by atoms with Gasteiger partial charge in [-0.05, 0) is 26.8 Å². The fourth-order valence-corrected chi connectivity index (χ4v) is 7.78. The molecule has 3 fully saturated rings. The lowest BCUT2D eigenvalue weighted by molar-refractivity contribution is -1.01. The van der Waals surface area contributed by atoms with Crippen molar-refractivity contribution in [2.45, 2.75) is 62.4 Å². The number of β-lactam (4-membered cyclic amide) rings is 1. The van der Waals surface area contributed by atoms with Gasteiger partial charge in [-0.15, -0.1) is 9.60 Å². The van der Waals surface area contributed by atoms with Crippen LogP contribution in [0.25, 0.3) is 0 Å². The average molecular weight is 521 g/mol. The number of imide groups is 1. The van der Waals surface area contributed by atoms with Gasteiger partial charge >= 0.3 is 29.7 Å². The Morgan fingerprint density at radius 1 is 1.25 bits per heavy atom. The van der Waals surface area contributed by atoms with Gasteiger partial charge in [-0.2, -0.15) is 0 Å². The van der Waals surface area contributed by atoms with Crippen LogP contribution in [0.3, 0.4) is 0 Å². The molecule has 13 heteroatoms. The molecule has 4 aliphatic rings. The van der Waals surface area contributed by atoms with Crippen LogP contribution in [0.4, 0.5) is 4.79 Å². The number of carboxylic acid groups (broad SMARTS) is 1. The Morgan fingerprint density at radius 3 is 2.47 bits per heavy atom. The van der Waals surface area contributed by atoms with Crippen LogP contribution >= 0.6 is 11.8 Å². The minimum atomic E-state index is -1.59. The number of thioether (sulfide) groups is 1. The predicted octanol–water partition coefficient (Wildman–Crippen LogP) is 0.414. The number of amides is 6. The summed E-state index contributed by atoms with van der Waals surface area (Å²) in [6.07, 6.45) is 6.81. The molecule has 6 amide bonds. The third kappa shape index (κ3) is 3.39. The second-order valence-electron chi connectivity index (χ2n) is 9.69. The molecule has 0 aromatic carbocycles. The highest BCUT2D eigenvalue weighted by molar-refractivity contribution is 8.01. The van der Waals surface area contributed by atoms with E-state index in [0.717, 1.165) is 4.90 Å². The van der Waals surface area contributed by atoms with E-state index >= 15 is 0 Å². The number of nitrogens with zero attached hydrogens (tertiary/aromatic N) is 4. The summed E-state index contributed by atoms with van der Waals surface area (Å²) in [6.45, 7) is 6.41. The van der Waals surface area contributed by atoms with E-state index in [1.54, 1.807) is 45.1 Å². The first-order chi connectivity index (χ1) is 16.9. The number of aliphatic carboxylic acids is 1. The summed E-state index contributed by atoms with van der Waals surface area (Å²) in [5.74, 6) is -4.18. The van der Waals surface area contributed by atoms with Crippen LogP contribution in [0.5, 0.6) is 0 Å². The Hall–Kier alpha value is -3.19. The van der Waals surface area contributed by atoms with E-state index < -0.39 is 62.0 Å². The minimum absolute atomic E-state index is 0.0132. The quantitative estimate of drug-likeness (QED) is 0.230. The Morgan fingerprint density at radius 2 is 1.94 bits per heavy atom. The van der Waals surface area contributed by atoms with Crippen LogP contribution in [-0.4, -0.2) is 102 Å². The van der Waals surface area contributed by atoms with Gasteiger partial charge in [0, 0.05) is 33.0 Å². The number of fused-ring (bicyclic) bond motifs is 1. The second kappa shape index (κ2) is 8.73. The van der Waals surface area contributed by atoms with Gasteiger partial charge in [0.05, 0.1) is 4.75 Å². The van der Waals surface area contributed by atoms with E-state index in [0.29, 0.717) is 0 Å². The van der Waals surface area contributed by atoms with E-state index in [9.17, 15) is 33.9 Å². The highest BCUT2D eigenvalue weighted by Crippen LogP contribution is 2.59. The molecule has 0 spiro atoms. The number of piperazine rings is 1. The van der Waals surface area contributed by atoms with Crippen LogP contribution in [-0.2, 0) is 24.0 Å². The molecule has 36 heavy (non-hydrogen) atoms. The third-order valence-electron chi connectivity index (χ3n) is 7.24. The maximum absolute atomic E-state index is 13.8. The Kier molecular flexibility index (Phi) is 6.28. The first-order valence-corrected chi connectivity index (χ1v) is 12.6. The van der Waals surface area contributed by atoms with E-state index in [2.05, 4.69) is 5.32 Å². The lowest BCUT2D eigenvalue weighted by Gasteiger charge is -2.59. The zero-order chi connectivity index (χ0) is 26.6. The number of rotatable bonds is 5. The van der Waals surface area contributed by atoms with Crippen LogP contribution in [0.1, 0.15) is 40.5 Å². The van der Waals surface area contributed by atoms with Crippen LogP contribution < -0.4 is 5.32 Å². The van der Waals surface area contributed by atoms with Crippen molar-refractivity contribution in [3.05, 3.63) is 24.3 Å². The topological polar surface area (TPSA) is 144 Å². The minimum Gasteiger partial charge on any atom is -0.477 e. The van der Waals surface area contributed by atoms with Gasteiger partial charge in [0.25, 0.3) is 5.91 Å². The molecule has 4 rings (SSSR count). The largest absolute Gasteiger partial charge is 0.477 e. The van der Waals surface area contributed by atoms with Crippen molar-refractivity contribution in [1.29, 1.82) is 0 Å². The lowest BCUT2D eigenvalue weighted by atomic mass is 9.92. The first-order valence-electron chi connectivity index (χ1n) is 11.8. The normalized spacial score (nSPS) is 32.4. The molecule has 2 N–H and O–H groups in total. The van der Waals surface area contributed by atoms with Crippen molar-refractivity contribution in [3.8, 4) is 0 Å². The van der Waals surface area contributed by atoms with E-state index in [4.69, 9.17) is 0 Å². The Bertz CT molecular complexity index is 1120. The standard InChI is InChI=1S/C23H29N5O7S/c1-5-26(21(35)25-12-11-24-18(31)19(25)32)23(9-7-6-8-10-23)27(14(2)29)28-15(30)13-16(28)36-22(3,4)17(28)20(33)34/h6-9,16-17H,5,10-13H2,1-4H3,(H-,24,31,33,34)/p+1/t16-,17+,23?,28?/m1/s1. The molecule has 12 nitrogen and oxygen atoms in total. The van der Waals surface area contributed by atoms with Crippen LogP contribution in [0, 0.1) is 0 Å². The maximum atomic E-state index is 13.8. The number of carbonyl (C=O) groups excluding carboxylic acids is 5. The second-order valence-corrected chi connectivity index (χ2v) is 11.5. The van der Waals surface area contributed by atoms with Crippen molar-refractivity contribution in [3.63, 3.8) is 0 Å². The summed E-state index contributed by atoms with van der Waals surface area (Å²) in [6, 6.07) is -2.09. The van der Waals surface area contributed by atoms with E-state index in [-0.39, 0.29) is 32.5 Å². The summed E-state index contributed by atoms with van der Waals surface area (Å²) in [5.41, 5.74) is -1.59. The number of carboxylic acids is 1. The molecular weight excluding hydrogens is 490 g/mol. The van der Waals surface area contributed by atoms with Crippen LogP contribution in [0.2, 0.25) is 0 Å². The molecule has 4 atom stereocenters. The predicted molar refractivity (Wildman–Crippen MR) is 127 cm³/mol. The molecule has 0 aromatic rings. The molecule has 3 aliphatic heterocycles. The van der Waals surface area contributed by atoms with Gasteiger partial charge in [-0.25, -0.2) is 14.4 Å². The number of allylic oxidation sites excluding steroid dienone is 2. The zero-order valence-corrected chi connectivity index (χ0v) is 21.4. The Balaban J connectivity index is 1.91. The van der Waals surface area contributed by atoms with Crippen LogP contribution in [0.15, 0.2) is 24.3 Å². The fourth-order valence-electron chi connectivity index (χ4n) is 5.97. The molecule has 1 aliphatic carbocycles. The van der Waals surface area contributed by atoms with Gasteiger partial charge in [0.1, 0.15) is 6.42 Å². The molecule has 3 heterocycles. The van der Waals surface area contributed by atoms with Gasteiger partial charge < -0.3 is 10.4 Å². The molecule has 0 saturated carbocycles. The smallest absolute Gasteiger partial charge is 0.367 e. The molecule has 2 unspecified atom stereocenters. The van der Waals surface area contributed by atoms with Gasteiger partial charge in [0.15, 0.2) is 11.0 Å². The summed E-state index contributed by atoms with van der Waals surface area (Å²) >= 11 is 1.34. The highest BCUT2D eigenvalue weighted by Gasteiger charge is 2.79. The molecule has 194 valence electrons.